The molecule has 2 aliphatic rings. The second kappa shape index (κ2) is 6.97. The van der Waals surface area contributed by atoms with Crippen LogP contribution in [0.25, 0.3) is 0 Å². The molecule has 27 heavy (non-hydrogen) atoms. The molecule has 0 unspecified atom stereocenters. The number of hydrogen-bond donors (Lipinski definition) is 1. The number of carbonyl (C=O) groups excluding carboxylic acids is 2. The lowest BCUT2D eigenvalue weighted by molar-refractivity contribution is -0.157. The highest BCUT2D eigenvalue weighted by atomic mass is 16.5. The molecule has 1 aromatic rings. The minimum Gasteiger partial charge on any atom is -0.466 e. The van der Waals surface area contributed by atoms with E-state index in [1.54, 1.807) is 6.07 Å². The summed E-state index contributed by atoms with van der Waals surface area (Å²) in [6.07, 6.45) is 3.73. The second-order valence-corrected chi connectivity index (χ2v) is 8.93. The third-order valence-corrected chi connectivity index (χ3v) is 6.28. The van der Waals surface area contributed by atoms with Crippen LogP contribution in [-0.2, 0) is 21.5 Å². The molecule has 2 fully saturated rings. The Bertz CT molecular complexity index is 733. The van der Waals surface area contributed by atoms with E-state index in [1.165, 1.54) is 0 Å². The van der Waals surface area contributed by atoms with Gasteiger partial charge in [-0.25, -0.2) is 0 Å². The quantitative estimate of drug-likeness (QED) is 0.769. The van der Waals surface area contributed by atoms with Gasteiger partial charge < -0.3 is 14.9 Å². The lowest BCUT2D eigenvalue weighted by Gasteiger charge is -2.34. The highest BCUT2D eigenvalue weighted by Crippen LogP contribution is 2.53. The Morgan fingerprint density at radius 1 is 1.33 bits per heavy atom. The molecular weight excluding hydrogens is 344 g/mol. The van der Waals surface area contributed by atoms with Crippen LogP contribution in [0.5, 0.6) is 0 Å². The fourth-order valence-electron chi connectivity index (χ4n) is 5.06. The number of ether oxygens (including phenoxy) is 1. The summed E-state index contributed by atoms with van der Waals surface area (Å²) >= 11 is 0. The van der Waals surface area contributed by atoms with Crippen molar-refractivity contribution in [2.24, 2.45) is 11.1 Å². The lowest BCUT2D eigenvalue weighted by Crippen LogP contribution is -2.44. The van der Waals surface area contributed by atoms with Gasteiger partial charge in [0.15, 0.2) is 5.76 Å². The van der Waals surface area contributed by atoms with Gasteiger partial charge in [0.2, 0.25) is 0 Å². The summed E-state index contributed by atoms with van der Waals surface area (Å²) in [4.78, 5) is 26.8. The standard InChI is InChI=1S/C21H32N2O4/c1-6-21(19(25)26-7-2)11-14-8-9-16(21)23(14)12-13-10-15(18(22)24)27-17(13)20(3,4)5/h10,14,16H,6-9,11-12H2,1-5H3,(H2,22,24)/t14-,16+,21+/m1/s1. The smallest absolute Gasteiger partial charge is 0.313 e. The molecule has 3 rings (SSSR count). The van der Waals surface area contributed by atoms with Crippen LogP contribution in [0, 0.1) is 5.41 Å². The zero-order valence-corrected chi connectivity index (χ0v) is 17.1. The van der Waals surface area contributed by atoms with E-state index in [0.717, 1.165) is 37.0 Å². The summed E-state index contributed by atoms with van der Waals surface area (Å²) < 4.78 is 11.3. The lowest BCUT2D eigenvalue weighted by atomic mass is 9.72. The molecule has 0 radical (unpaired) electrons. The molecule has 1 aromatic heterocycles. The molecule has 3 heterocycles. The Balaban J connectivity index is 1.91. The molecule has 6 nitrogen and oxygen atoms in total. The van der Waals surface area contributed by atoms with E-state index >= 15 is 0 Å². The first-order valence-corrected chi connectivity index (χ1v) is 10.00. The van der Waals surface area contributed by atoms with E-state index in [4.69, 9.17) is 14.9 Å². The summed E-state index contributed by atoms with van der Waals surface area (Å²) in [5, 5.41) is 0. The van der Waals surface area contributed by atoms with Gasteiger partial charge in [0.1, 0.15) is 5.76 Å². The predicted octanol–water partition coefficient (Wildman–Crippen LogP) is 3.37. The van der Waals surface area contributed by atoms with Crippen LogP contribution >= 0.6 is 0 Å². The summed E-state index contributed by atoms with van der Waals surface area (Å²) in [5.74, 6) is 0.380. The van der Waals surface area contributed by atoms with Gasteiger partial charge in [-0.15, -0.1) is 0 Å². The topological polar surface area (TPSA) is 85.8 Å². The molecule has 2 bridgehead atoms. The van der Waals surface area contributed by atoms with Crippen LogP contribution in [0.4, 0.5) is 0 Å². The molecule has 0 aliphatic carbocycles. The first-order chi connectivity index (χ1) is 12.6. The second-order valence-electron chi connectivity index (χ2n) is 8.93. The molecule has 3 atom stereocenters. The fourth-order valence-corrected chi connectivity index (χ4v) is 5.06. The third-order valence-electron chi connectivity index (χ3n) is 6.28. The van der Waals surface area contributed by atoms with Gasteiger partial charge in [0.25, 0.3) is 5.91 Å². The number of nitrogens with two attached hydrogens (primary N) is 1. The Hall–Kier alpha value is -1.82. The van der Waals surface area contributed by atoms with Crippen LogP contribution < -0.4 is 5.73 Å². The number of nitrogens with zero attached hydrogens (tertiary/aromatic N) is 1. The third kappa shape index (κ3) is 3.28. The Kier molecular flexibility index (Phi) is 5.14. The maximum absolute atomic E-state index is 12.8. The van der Waals surface area contributed by atoms with Crippen molar-refractivity contribution in [2.75, 3.05) is 6.61 Å². The number of amides is 1. The zero-order valence-electron chi connectivity index (χ0n) is 17.1. The number of furan rings is 1. The molecule has 2 saturated heterocycles. The van der Waals surface area contributed by atoms with Gasteiger partial charge in [0.05, 0.1) is 12.0 Å². The van der Waals surface area contributed by atoms with Crippen LogP contribution in [-0.4, -0.2) is 35.5 Å². The first kappa shape index (κ1) is 19.9. The zero-order chi connectivity index (χ0) is 20.0. The van der Waals surface area contributed by atoms with Gasteiger partial charge in [-0.2, -0.15) is 0 Å². The number of rotatable bonds is 6. The maximum atomic E-state index is 12.8. The molecule has 1 amide bonds. The van der Waals surface area contributed by atoms with Gasteiger partial charge in [-0.05, 0) is 38.7 Å². The number of hydrogen-bond acceptors (Lipinski definition) is 5. The summed E-state index contributed by atoms with van der Waals surface area (Å²) in [5.41, 5.74) is 5.78. The number of fused-ring (bicyclic) bond motifs is 2. The highest BCUT2D eigenvalue weighted by Gasteiger charge is 2.59. The molecule has 0 aromatic carbocycles. The van der Waals surface area contributed by atoms with Crippen molar-refractivity contribution in [3.05, 3.63) is 23.2 Å². The van der Waals surface area contributed by atoms with Crippen molar-refractivity contribution in [1.82, 2.24) is 4.90 Å². The van der Waals surface area contributed by atoms with Gasteiger partial charge >= 0.3 is 5.97 Å². The normalized spacial score (nSPS) is 27.9. The average molecular weight is 376 g/mol. The Labute approximate surface area is 161 Å². The van der Waals surface area contributed by atoms with Crippen LogP contribution in [0.2, 0.25) is 0 Å². The monoisotopic (exact) mass is 376 g/mol. The number of primary amides is 1. The van der Waals surface area contributed by atoms with E-state index in [9.17, 15) is 9.59 Å². The van der Waals surface area contributed by atoms with Crippen molar-refractivity contribution < 1.29 is 18.7 Å². The van der Waals surface area contributed by atoms with Crippen molar-refractivity contribution in [2.45, 2.75) is 84.3 Å². The minimum absolute atomic E-state index is 0.0641. The van der Waals surface area contributed by atoms with E-state index in [0.29, 0.717) is 19.2 Å². The molecule has 2 aliphatic heterocycles. The number of esters is 1. The molecule has 0 saturated carbocycles. The number of carbonyl (C=O) groups is 2. The van der Waals surface area contributed by atoms with E-state index in [1.807, 2.05) is 6.92 Å². The highest BCUT2D eigenvalue weighted by molar-refractivity contribution is 5.90. The van der Waals surface area contributed by atoms with E-state index < -0.39 is 11.3 Å². The largest absolute Gasteiger partial charge is 0.466 e. The molecular formula is C21H32N2O4. The van der Waals surface area contributed by atoms with Crippen molar-refractivity contribution in [1.29, 1.82) is 0 Å². The van der Waals surface area contributed by atoms with Gasteiger partial charge in [-0.3, -0.25) is 14.5 Å². The van der Waals surface area contributed by atoms with Gasteiger partial charge in [0, 0.05) is 29.6 Å². The van der Waals surface area contributed by atoms with Crippen molar-refractivity contribution >= 4 is 11.9 Å². The molecule has 6 heteroatoms. The van der Waals surface area contributed by atoms with E-state index in [-0.39, 0.29) is 23.2 Å². The Morgan fingerprint density at radius 3 is 2.59 bits per heavy atom. The first-order valence-electron chi connectivity index (χ1n) is 10.00. The summed E-state index contributed by atoms with van der Waals surface area (Å²) in [7, 11) is 0. The van der Waals surface area contributed by atoms with Gasteiger partial charge in [-0.1, -0.05) is 27.7 Å². The van der Waals surface area contributed by atoms with E-state index in [2.05, 4.69) is 32.6 Å². The maximum Gasteiger partial charge on any atom is 0.313 e. The SMILES string of the molecule is CCOC(=O)[C@@]1(CC)C[C@H]2CC[C@@H]1N2Cc1cc(C(N)=O)oc1C(C)(C)C. The average Bonchev–Trinajstić information content (AvgIpc) is 3.27. The minimum atomic E-state index is -0.550. The van der Waals surface area contributed by atoms with Crippen LogP contribution in [0.1, 0.15) is 82.2 Å². The molecule has 2 N–H and O–H groups in total. The summed E-state index contributed by atoms with van der Waals surface area (Å²) in [6.45, 7) is 11.2. The summed E-state index contributed by atoms with van der Waals surface area (Å²) in [6, 6.07) is 2.31. The van der Waals surface area contributed by atoms with Crippen LogP contribution in [0.15, 0.2) is 10.5 Å². The fraction of sp³-hybridized carbons (Fsp3) is 0.714. The molecule has 0 spiro atoms. The van der Waals surface area contributed by atoms with Crippen molar-refractivity contribution in [3.8, 4) is 0 Å². The predicted molar refractivity (Wildman–Crippen MR) is 102 cm³/mol. The Morgan fingerprint density at radius 2 is 2.04 bits per heavy atom. The molecule has 150 valence electrons. The van der Waals surface area contributed by atoms with Crippen molar-refractivity contribution in [3.63, 3.8) is 0 Å². The van der Waals surface area contributed by atoms with Crippen LogP contribution in [0.3, 0.4) is 0 Å².